The molecule has 0 aromatic carbocycles. The summed E-state index contributed by atoms with van der Waals surface area (Å²) in [6, 6.07) is 0.107. The van der Waals surface area contributed by atoms with Crippen molar-refractivity contribution in [3.63, 3.8) is 0 Å². The van der Waals surface area contributed by atoms with E-state index in [9.17, 15) is 4.79 Å². The van der Waals surface area contributed by atoms with Gasteiger partial charge in [-0.2, -0.15) is 4.57 Å². The van der Waals surface area contributed by atoms with Crippen LogP contribution in [0.5, 0.6) is 0 Å². The Morgan fingerprint density at radius 2 is 2.00 bits per heavy atom. The Balaban J connectivity index is 2.01. The van der Waals surface area contributed by atoms with Crippen molar-refractivity contribution in [2.24, 2.45) is 18.4 Å². The van der Waals surface area contributed by atoms with Gasteiger partial charge in [0.1, 0.15) is 12.4 Å². The van der Waals surface area contributed by atoms with Crippen molar-refractivity contribution in [1.29, 1.82) is 0 Å². The molecule has 0 N–H and O–H groups in total. The van der Waals surface area contributed by atoms with E-state index in [1.807, 2.05) is 35.2 Å². The second-order valence-electron chi connectivity index (χ2n) is 6.75. The molecule has 1 unspecified atom stereocenters. The summed E-state index contributed by atoms with van der Waals surface area (Å²) in [5, 5.41) is 0. The first kappa shape index (κ1) is 14.1. The first-order valence-corrected chi connectivity index (χ1v) is 7.20. The van der Waals surface area contributed by atoms with Crippen molar-refractivity contribution >= 4 is 6.03 Å². The van der Waals surface area contributed by atoms with Crippen LogP contribution in [-0.2, 0) is 7.05 Å². The van der Waals surface area contributed by atoms with Gasteiger partial charge in [-0.15, -0.1) is 0 Å². The van der Waals surface area contributed by atoms with Crippen molar-refractivity contribution in [1.82, 2.24) is 9.47 Å². The summed E-state index contributed by atoms with van der Waals surface area (Å²) in [7, 11) is 1.93. The zero-order valence-corrected chi connectivity index (χ0v) is 12.6. The number of nitrogens with zero attached hydrogens (tertiary/aromatic N) is 3. The summed E-state index contributed by atoms with van der Waals surface area (Å²) in [6.45, 7) is 8.68. The van der Waals surface area contributed by atoms with E-state index in [2.05, 4.69) is 20.8 Å². The van der Waals surface area contributed by atoms with Crippen molar-refractivity contribution in [3.05, 3.63) is 18.7 Å². The standard InChI is InChI=1S/C15H26N3O/c1-15(2,3)13-6-5-8-17(9-7-13)14(19)18-11-10-16(4)12-18/h10-13H,5-9H2,1-4H3/q+1. The molecular weight excluding hydrogens is 238 g/mol. The second kappa shape index (κ2) is 5.35. The molecule has 1 aromatic heterocycles. The van der Waals surface area contributed by atoms with Crippen LogP contribution in [0.2, 0.25) is 0 Å². The smallest absolute Gasteiger partial charge is 0.304 e. The molecule has 1 aliphatic rings. The lowest BCUT2D eigenvalue weighted by Gasteiger charge is -2.29. The van der Waals surface area contributed by atoms with Crippen molar-refractivity contribution in [3.8, 4) is 0 Å². The zero-order valence-electron chi connectivity index (χ0n) is 12.6. The van der Waals surface area contributed by atoms with Crippen LogP contribution >= 0.6 is 0 Å². The predicted molar refractivity (Wildman–Crippen MR) is 74.8 cm³/mol. The minimum atomic E-state index is 0.107. The van der Waals surface area contributed by atoms with Crippen LogP contribution in [0.1, 0.15) is 40.0 Å². The van der Waals surface area contributed by atoms with Gasteiger partial charge in [0, 0.05) is 13.1 Å². The van der Waals surface area contributed by atoms with Gasteiger partial charge < -0.3 is 4.90 Å². The molecule has 0 aliphatic carbocycles. The summed E-state index contributed by atoms with van der Waals surface area (Å²) in [6.07, 6.45) is 9.01. The Hall–Kier alpha value is -1.32. The van der Waals surface area contributed by atoms with Gasteiger partial charge in [0.15, 0.2) is 0 Å². The Morgan fingerprint density at radius 3 is 2.58 bits per heavy atom. The van der Waals surface area contributed by atoms with Crippen molar-refractivity contribution in [2.75, 3.05) is 13.1 Å². The third kappa shape index (κ3) is 3.37. The molecule has 1 fully saturated rings. The quantitative estimate of drug-likeness (QED) is 0.662. The number of likely N-dealkylation sites (tertiary alicyclic amines) is 1. The monoisotopic (exact) mass is 264 g/mol. The zero-order chi connectivity index (χ0) is 14.0. The predicted octanol–water partition coefficient (Wildman–Crippen LogP) is 2.43. The van der Waals surface area contributed by atoms with Gasteiger partial charge in [0.25, 0.3) is 6.33 Å². The van der Waals surface area contributed by atoms with Gasteiger partial charge in [-0.05, 0) is 30.6 Å². The normalized spacial score (nSPS) is 21.3. The van der Waals surface area contributed by atoms with E-state index in [-0.39, 0.29) is 6.03 Å². The highest BCUT2D eigenvalue weighted by Gasteiger charge is 2.30. The van der Waals surface area contributed by atoms with Crippen LogP contribution in [0.25, 0.3) is 0 Å². The molecule has 2 heterocycles. The van der Waals surface area contributed by atoms with E-state index >= 15 is 0 Å². The van der Waals surface area contributed by atoms with Crippen LogP contribution in [0.15, 0.2) is 18.7 Å². The lowest BCUT2D eigenvalue weighted by Crippen LogP contribution is -2.36. The minimum absolute atomic E-state index is 0.107. The fourth-order valence-electron chi connectivity index (χ4n) is 2.88. The molecule has 19 heavy (non-hydrogen) atoms. The molecule has 4 nitrogen and oxygen atoms in total. The number of imidazole rings is 1. The van der Waals surface area contributed by atoms with Gasteiger partial charge in [-0.25, -0.2) is 9.36 Å². The Bertz CT molecular complexity index is 444. The molecule has 0 spiro atoms. The molecule has 1 saturated heterocycles. The number of aryl methyl sites for hydroxylation is 1. The van der Waals surface area contributed by atoms with Crippen LogP contribution in [0.3, 0.4) is 0 Å². The Morgan fingerprint density at radius 1 is 1.26 bits per heavy atom. The average molecular weight is 264 g/mol. The highest BCUT2D eigenvalue weighted by molar-refractivity contribution is 5.76. The molecule has 1 aliphatic heterocycles. The van der Waals surface area contributed by atoms with Crippen LogP contribution in [0.4, 0.5) is 4.79 Å². The van der Waals surface area contributed by atoms with E-state index in [1.165, 1.54) is 6.42 Å². The second-order valence-corrected chi connectivity index (χ2v) is 6.75. The fourth-order valence-corrected chi connectivity index (χ4v) is 2.88. The van der Waals surface area contributed by atoms with Crippen LogP contribution < -0.4 is 4.57 Å². The molecule has 0 bridgehead atoms. The molecule has 0 radical (unpaired) electrons. The Labute approximate surface area is 116 Å². The third-order valence-electron chi connectivity index (χ3n) is 4.21. The summed E-state index contributed by atoms with van der Waals surface area (Å²) in [5.41, 5.74) is 0.346. The summed E-state index contributed by atoms with van der Waals surface area (Å²) < 4.78 is 3.57. The number of amides is 1. The average Bonchev–Trinajstić information content (AvgIpc) is 2.62. The summed E-state index contributed by atoms with van der Waals surface area (Å²) in [5.74, 6) is 0.714. The molecule has 1 amide bonds. The molecule has 4 heteroatoms. The topological polar surface area (TPSA) is 29.1 Å². The van der Waals surface area contributed by atoms with Gasteiger partial charge >= 0.3 is 6.03 Å². The number of aromatic nitrogens is 2. The largest absolute Gasteiger partial charge is 0.415 e. The highest BCUT2D eigenvalue weighted by atomic mass is 16.2. The maximum Gasteiger partial charge on any atom is 0.415 e. The van der Waals surface area contributed by atoms with Gasteiger partial charge in [-0.3, -0.25) is 0 Å². The Kier molecular flexibility index (Phi) is 3.97. The highest BCUT2D eigenvalue weighted by Crippen LogP contribution is 2.34. The van der Waals surface area contributed by atoms with Gasteiger partial charge in [0.05, 0.1) is 7.05 Å². The lowest BCUT2D eigenvalue weighted by atomic mass is 9.77. The molecule has 106 valence electrons. The molecule has 1 atom stereocenters. The maximum atomic E-state index is 12.4. The van der Waals surface area contributed by atoms with E-state index in [4.69, 9.17) is 0 Å². The first-order chi connectivity index (χ1) is 8.88. The van der Waals surface area contributed by atoms with E-state index in [0.717, 1.165) is 25.9 Å². The van der Waals surface area contributed by atoms with E-state index < -0.39 is 0 Å². The maximum absolute atomic E-state index is 12.4. The third-order valence-corrected chi connectivity index (χ3v) is 4.21. The number of hydrogen-bond acceptors (Lipinski definition) is 1. The molecular formula is C15H26N3O+. The first-order valence-electron chi connectivity index (χ1n) is 7.20. The van der Waals surface area contributed by atoms with E-state index in [1.54, 1.807) is 4.57 Å². The fraction of sp³-hybridized carbons (Fsp3) is 0.733. The van der Waals surface area contributed by atoms with Crippen molar-refractivity contribution < 1.29 is 9.36 Å². The van der Waals surface area contributed by atoms with Crippen molar-refractivity contribution in [2.45, 2.75) is 40.0 Å². The number of rotatable bonds is 0. The number of carbonyl (C=O) groups excluding carboxylic acids is 1. The summed E-state index contributed by atoms with van der Waals surface area (Å²) in [4.78, 5) is 14.4. The van der Waals surface area contributed by atoms with E-state index in [0.29, 0.717) is 11.3 Å². The van der Waals surface area contributed by atoms with Crippen LogP contribution in [-0.4, -0.2) is 28.6 Å². The lowest BCUT2D eigenvalue weighted by molar-refractivity contribution is -0.670. The minimum Gasteiger partial charge on any atom is -0.304 e. The summed E-state index contributed by atoms with van der Waals surface area (Å²) >= 11 is 0. The number of carbonyl (C=O) groups is 1. The molecule has 1 aromatic rings. The molecule has 0 saturated carbocycles. The van der Waals surface area contributed by atoms with Gasteiger partial charge in [-0.1, -0.05) is 20.8 Å². The number of hydrogen-bond donors (Lipinski definition) is 0. The van der Waals surface area contributed by atoms with Gasteiger partial charge in [0.2, 0.25) is 0 Å². The SMILES string of the molecule is C[n+]1ccn(C(=O)N2CCCC(C(C)(C)C)CC2)c1. The van der Waals surface area contributed by atoms with Crippen LogP contribution in [0, 0.1) is 11.3 Å². The molecule has 2 rings (SSSR count).